The number of nitrogens with two attached hydrogens (primary N) is 1. The maximum absolute atomic E-state index is 12.7. The molecule has 3 heterocycles. The molecule has 8 aromatic rings. The zero-order valence-corrected chi connectivity index (χ0v) is 32.2. The Morgan fingerprint density at radius 3 is 1.45 bits per heavy atom. The van der Waals surface area contributed by atoms with Crippen molar-refractivity contribution in [2.24, 2.45) is 0 Å². The Balaban J connectivity index is 1.22. The molecular formula is C48H41N5O4S. The maximum Gasteiger partial charge on any atom is 0.200 e. The number of aromatic nitrogens is 4. The average Bonchev–Trinajstić information content (AvgIpc) is 3.84. The summed E-state index contributed by atoms with van der Waals surface area (Å²) in [5.41, 5.74) is 10.2. The molecule has 288 valence electrons. The topological polar surface area (TPSA) is 120 Å². The second-order valence-corrected chi connectivity index (χ2v) is 14.7. The Kier molecular flexibility index (Phi) is 10.3. The molecule has 9 rings (SSSR count). The third kappa shape index (κ3) is 6.60. The smallest absolute Gasteiger partial charge is 0.200 e. The van der Waals surface area contributed by atoms with E-state index in [0.29, 0.717) is 11.2 Å². The number of aliphatic hydroxyl groups excluding tert-OH is 1. The molecule has 0 bridgehead atoms. The number of rotatable bonds is 12. The standard InChI is InChI=1S/C48H41N5O4S/c49-46-51-43-40(44(58)52-46)50-32-53(43)45-41(54)42(57-48(36-25-13-4-14-26-36,37-27-15-5-16-28-37)38-29-17-6-18-30-38)39(56-45)31-55-47(33-19-7-1-8-20-33,34-21-9-2-10-22-34)35-23-11-3-12-24-35/h1-30,32,39,41-42,45,54H,31H2,(H3,49,51,52,58)/t39-,41-,42-,45-/m1/s1. The summed E-state index contributed by atoms with van der Waals surface area (Å²) in [6.07, 6.45) is -2.45. The first kappa shape index (κ1) is 37.3. The lowest BCUT2D eigenvalue weighted by Gasteiger charge is -2.41. The SMILES string of the molecule is Nc1nc(=S)c2ncn([C@@H]3O[C@H](COC(c4ccccc4)(c4ccccc4)c4ccccc4)[C@@H](OC(c4ccccc4)(c4ccccc4)c4ccccc4)[C@H]3O)c2[nH]1. The molecule has 0 radical (unpaired) electrons. The van der Waals surface area contributed by atoms with Gasteiger partial charge in [-0.05, 0) is 33.4 Å². The summed E-state index contributed by atoms with van der Waals surface area (Å²) in [6, 6.07) is 60.7. The highest BCUT2D eigenvalue weighted by atomic mass is 32.1. The van der Waals surface area contributed by atoms with E-state index >= 15 is 0 Å². The van der Waals surface area contributed by atoms with Crippen molar-refractivity contribution in [2.45, 2.75) is 35.7 Å². The highest BCUT2D eigenvalue weighted by molar-refractivity contribution is 7.71. The van der Waals surface area contributed by atoms with Crippen LogP contribution in [0.1, 0.15) is 39.6 Å². The quantitative estimate of drug-likeness (QED) is 0.0832. The Morgan fingerprint density at radius 2 is 1.03 bits per heavy atom. The fourth-order valence-corrected chi connectivity index (χ4v) is 8.53. The lowest BCUT2D eigenvalue weighted by molar-refractivity contribution is -0.131. The largest absolute Gasteiger partial charge is 0.386 e. The Morgan fingerprint density at radius 1 is 0.638 bits per heavy atom. The molecule has 6 aromatic carbocycles. The minimum atomic E-state index is -1.24. The van der Waals surface area contributed by atoms with E-state index in [1.54, 1.807) is 10.9 Å². The van der Waals surface area contributed by atoms with E-state index in [1.807, 2.05) is 109 Å². The number of nitrogen functional groups attached to an aromatic ring is 1. The number of ether oxygens (including phenoxy) is 3. The first-order chi connectivity index (χ1) is 28.5. The lowest BCUT2D eigenvalue weighted by Crippen LogP contribution is -2.46. The number of aromatic amines is 1. The molecule has 1 aliphatic heterocycles. The fraction of sp³-hybridized carbons (Fsp3) is 0.146. The lowest BCUT2D eigenvalue weighted by atomic mass is 9.79. The monoisotopic (exact) mass is 783 g/mol. The number of anilines is 1. The molecule has 1 saturated heterocycles. The van der Waals surface area contributed by atoms with Gasteiger partial charge in [-0.3, -0.25) is 4.57 Å². The van der Waals surface area contributed by atoms with Gasteiger partial charge in [0, 0.05) is 0 Å². The van der Waals surface area contributed by atoms with E-state index in [-0.39, 0.29) is 17.2 Å². The van der Waals surface area contributed by atoms with Crippen LogP contribution in [-0.2, 0) is 25.4 Å². The van der Waals surface area contributed by atoms with Crippen molar-refractivity contribution in [2.75, 3.05) is 12.3 Å². The van der Waals surface area contributed by atoms with Gasteiger partial charge in [0.25, 0.3) is 0 Å². The fourth-order valence-electron chi connectivity index (χ4n) is 8.28. The zero-order chi connectivity index (χ0) is 39.5. The Labute approximate surface area is 341 Å². The molecule has 0 amide bonds. The molecule has 1 fully saturated rings. The first-order valence-corrected chi connectivity index (χ1v) is 19.6. The van der Waals surface area contributed by atoms with Crippen LogP contribution in [0, 0.1) is 4.64 Å². The van der Waals surface area contributed by atoms with Crippen molar-refractivity contribution in [1.82, 2.24) is 19.5 Å². The van der Waals surface area contributed by atoms with Gasteiger partial charge in [0.1, 0.15) is 40.7 Å². The molecule has 9 nitrogen and oxygen atoms in total. The van der Waals surface area contributed by atoms with Crippen LogP contribution in [0.2, 0.25) is 0 Å². The molecule has 2 aromatic heterocycles. The van der Waals surface area contributed by atoms with Gasteiger partial charge in [-0.25, -0.2) is 9.97 Å². The zero-order valence-electron chi connectivity index (χ0n) is 31.4. The second-order valence-electron chi connectivity index (χ2n) is 14.3. The summed E-state index contributed by atoms with van der Waals surface area (Å²) in [5.74, 6) is 0.119. The van der Waals surface area contributed by atoms with Crippen molar-refractivity contribution in [3.8, 4) is 0 Å². The van der Waals surface area contributed by atoms with Crippen LogP contribution in [-0.4, -0.2) is 49.5 Å². The predicted molar refractivity (Wildman–Crippen MR) is 226 cm³/mol. The van der Waals surface area contributed by atoms with Gasteiger partial charge >= 0.3 is 0 Å². The minimum absolute atomic E-state index is 0.0116. The normalized spacial score (nSPS) is 18.4. The van der Waals surface area contributed by atoms with Gasteiger partial charge in [-0.2, -0.15) is 0 Å². The third-order valence-corrected chi connectivity index (χ3v) is 11.2. The van der Waals surface area contributed by atoms with Crippen molar-refractivity contribution in [1.29, 1.82) is 0 Å². The van der Waals surface area contributed by atoms with Gasteiger partial charge in [0.15, 0.2) is 16.8 Å². The molecule has 10 heteroatoms. The first-order valence-electron chi connectivity index (χ1n) is 19.2. The highest BCUT2D eigenvalue weighted by Gasteiger charge is 2.52. The van der Waals surface area contributed by atoms with Crippen LogP contribution in [0.25, 0.3) is 11.2 Å². The predicted octanol–water partition coefficient (Wildman–Crippen LogP) is 8.72. The van der Waals surface area contributed by atoms with Gasteiger partial charge in [-0.15, -0.1) is 0 Å². The number of aliphatic hydroxyl groups is 1. The van der Waals surface area contributed by atoms with Gasteiger partial charge < -0.3 is 30.0 Å². The Hall–Kier alpha value is -6.27. The van der Waals surface area contributed by atoms with Crippen LogP contribution in [0.3, 0.4) is 0 Å². The van der Waals surface area contributed by atoms with Gasteiger partial charge in [-0.1, -0.05) is 194 Å². The highest BCUT2D eigenvalue weighted by Crippen LogP contribution is 2.47. The van der Waals surface area contributed by atoms with E-state index in [2.05, 4.69) is 87.7 Å². The van der Waals surface area contributed by atoms with Crippen LogP contribution < -0.4 is 5.73 Å². The minimum Gasteiger partial charge on any atom is -0.386 e. The third-order valence-electron chi connectivity index (χ3n) is 10.9. The molecule has 0 saturated carbocycles. The summed E-state index contributed by atoms with van der Waals surface area (Å²) in [6.45, 7) is 0.0116. The van der Waals surface area contributed by atoms with Gasteiger partial charge in [0.2, 0.25) is 0 Å². The van der Waals surface area contributed by atoms with E-state index in [9.17, 15) is 5.11 Å². The molecule has 1 aliphatic rings. The molecular weight excluding hydrogens is 743 g/mol. The number of imidazole rings is 1. The van der Waals surface area contributed by atoms with E-state index < -0.39 is 35.7 Å². The summed E-state index contributed by atoms with van der Waals surface area (Å²) in [5, 5.41) is 12.7. The molecule has 4 atom stereocenters. The van der Waals surface area contributed by atoms with Crippen molar-refractivity contribution in [3.05, 3.63) is 226 Å². The molecule has 0 aliphatic carbocycles. The molecule has 4 N–H and O–H groups in total. The summed E-state index contributed by atoms with van der Waals surface area (Å²) in [4.78, 5) is 11.8. The number of nitrogens with zero attached hydrogens (tertiary/aromatic N) is 3. The number of H-pyrrole nitrogens is 1. The number of hydrogen-bond donors (Lipinski definition) is 3. The van der Waals surface area contributed by atoms with Crippen LogP contribution >= 0.6 is 12.2 Å². The van der Waals surface area contributed by atoms with E-state index in [4.69, 9.17) is 32.2 Å². The number of fused-ring (bicyclic) bond motifs is 1. The summed E-state index contributed by atoms with van der Waals surface area (Å²) < 4.78 is 23.9. The number of benzene rings is 6. The maximum atomic E-state index is 12.7. The van der Waals surface area contributed by atoms with Crippen molar-refractivity contribution < 1.29 is 19.3 Å². The Bertz CT molecular complexity index is 2450. The van der Waals surface area contributed by atoms with E-state index in [0.717, 1.165) is 33.4 Å². The van der Waals surface area contributed by atoms with Gasteiger partial charge in [0.05, 0.1) is 12.9 Å². The number of nitrogens with one attached hydrogen (secondary N) is 1. The summed E-state index contributed by atoms with van der Waals surface area (Å²) >= 11 is 5.53. The van der Waals surface area contributed by atoms with Crippen molar-refractivity contribution in [3.63, 3.8) is 0 Å². The number of hydrogen-bond acceptors (Lipinski definition) is 8. The van der Waals surface area contributed by atoms with Crippen LogP contribution in [0.5, 0.6) is 0 Å². The van der Waals surface area contributed by atoms with Crippen molar-refractivity contribution >= 4 is 29.3 Å². The molecule has 0 spiro atoms. The van der Waals surface area contributed by atoms with Crippen LogP contribution in [0.15, 0.2) is 188 Å². The van der Waals surface area contributed by atoms with Crippen LogP contribution in [0.4, 0.5) is 5.95 Å². The summed E-state index contributed by atoms with van der Waals surface area (Å²) in [7, 11) is 0. The molecule has 0 unspecified atom stereocenters. The second kappa shape index (κ2) is 15.9. The van der Waals surface area contributed by atoms with E-state index in [1.165, 1.54) is 0 Å². The molecule has 58 heavy (non-hydrogen) atoms. The average molecular weight is 784 g/mol.